The van der Waals surface area contributed by atoms with Crippen molar-refractivity contribution in [3.05, 3.63) is 59.2 Å². The summed E-state index contributed by atoms with van der Waals surface area (Å²) in [6.07, 6.45) is -1.41. The van der Waals surface area contributed by atoms with Crippen LogP contribution in [0.3, 0.4) is 0 Å². The first-order chi connectivity index (χ1) is 11.7. The average Bonchev–Trinajstić information content (AvgIpc) is 2.56. The quantitative estimate of drug-likeness (QED) is 0.504. The SMILES string of the molecule is CC(=O)Nc1ccc(C(=O)C(C)Oc2c(F)c(F)cc(F)c2F)cc1. The summed E-state index contributed by atoms with van der Waals surface area (Å²) in [6, 6.07) is 5.68. The van der Waals surface area contributed by atoms with Gasteiger partial charge in [-0.25, -0.2) is 8.78 Å². The molecule has 1 N–H and O–H groups in total. The zero-order chi connectivity index (χ0) is 18.7. The molecule has 1 unspecified atom stereocenters. The summed E-state index contributed by atoms with van der Waals surface area (Å²) in [5.74, 6) is -8.97. The number of Topliss-reactive ketones (excluding diaryl/α,β-unsaturated/α-hetero) is 1. The number of carbonyl (C=O) groups is 2. The Bertz CT molecular complexity index is 795. The van der Waals surface area contributed by atoms with E-state index in [-0.39, 0.29) is 17.5 Å². The second kappa shape index (κ2) is 7.33. The lowest BCUT2D eigenvalue weighted by molar-refractivity contribution is -0.114. The molecule has 132 valence electrons. The molecule has 2 aromatic carbocycles. The summed E-state index contributed by atoms with van der Waals surface area (Å²) in [6.45, 7) is 2.50. The van der Waals surface area contributed by atoms with E-state index < -0.39 is 40.9 Å². The van der Waals surface area contributed by atoms with Crippen molar-refractivity contribution in [3.8, 4) is 5.75 Å². The summed E-state index contributed by atoms with van der Waals surface area (Å²) < 4.78 is 58.3. The van der Waals surface area contributed by atoms with E-state index in [0.29, 0.717) is 5.69 Å². The van der Waals surface area contributed by atoms with Crippen LogP contribution in [0.2, 0.25) is 0 Å². The third-order valence-electron chi connectivity index (χ3n) is 3.23. The number of halogens is 4. The van der Waals surface area contributed by atoms with Gasteiger partial charge >= 0.3 is 0 Å². The van der Waals surface area contributed by atoms with Crippen LogP contribution in [0.5, 0.6) is 5.75 Å². The Morgan fingerprint density at radius 3 is 2.00 bits per heavy atom. The maximum Gasteiger partial charge on any atom is 0.221 e. The highest BCUT2D eigenvalue weighted by Gasteiger charge is 2.25. The molecular weight excluding hydrogens is 342 g/mol. The highest BCUT2D eigenvalue weighted by atomic mass is 19.2. The number of anilines is 1. The fourth-order valence-electron chi connectivity index (χ4n) is 2.04. The van der Waals surface area contributed by atoms with Crippen LogP contribution in [0.15, 0.2) is 30.3 Å². The lowest BCUT2D eigenvalue weighted by atomic mass is 10.1. The minimum absolute atomic E-state index is 0.0464. The molecule has 25 heavy (non-hydrogen) atoms. The topological polar surface area (TPSA) is 55.4 Å². The number of hydrogen-bond acceptors (Lipinski definition) is 3. The minimum atomic E-state index is -1.72. The van der Waals surface area contributed by atoms with Gasteiger partial charge in [-0.15, -0.1) is 0 Å². The van der Waals surface area contributed by atoms with Gasteiger partial charge < -0.3 is 10.1 Å². The molecule has 0 saturated heterocycles. The molecule has 0 saturated carbocycles. The van der Waals surface area contributed by atoms with Gasteiger partial charge in [0.15, 0.2) is 23.5 Å². The van der Waals surface area contributed by atoms with E-state index in [2.05, 4.69) is 5.32 Å². The van der Waals surface area contributed by atoms with Gasteiger partial charge in [-0.2, -0.15) is 8.78 Å². The molecule has 0 spiro atoms. The molecule has 0 aliphatic carbocycles. The monoisotopic (exact) mass is 355 g/mol. The van der Waals surface area contributed by atoms with Crippen LogP contribution in [0.4, 0.5) is 23.2 Å². The van der Waals surface area contributed by atoms with Gasteiger partial charge in [0.05, 0.1) is 0 Å². The molecule has 1 atom stereocenters. The van der Waals surface area contributed by atoms with Gasteiger partial charge in [0.25, 0.3) is 0 Å². The second-order valence-corrected chi connectivity index (χ2v) is 5.18. The summed E-state index contributed by atoms with van der Waals surface area (Å²) in [5.41, 5.74) is 0.571. The fraction of sp³-hybridized carbons (Fsp3) is 0.176. The van der Waals surface area contributed by atoms with Gasteiger partial charge in [0, 0.05) is 24.2 Å². The highest BCUT2D eigenvalue weighted by Crippen LogP contribution is 2.28. The van der Waals surface area contributed by atoms with E-state index in [1.165, 1.54) is 38.1 Å². The molecule has 0 radical (unpaired) electrons. The smallest absolute Gasteiger partial charge is 0.221 e. The van der Waals surface area contributed by atoms with Gasteiger partial charge in [-0.3, -0.25) is 9.59 Å². The van der Waals surface area contributed by atoms with Gasteiger partial charge in [-0.05, 0) is 31.2 Å². The third-order valence-corrected chi connectivity index (χ3v) is 3.23. The van der Waals surface area contributed by atoms with Gasteiger partial charge in [0.2, 0.25) is 23.3 Å². The predicted molar refractivity (Wildman–Crippen MR) is 81.4 cm³/mol. The van der Waals surface area contributed by atoms with E-state index in [0.717, 1.165) is 0 Å². The molecule has 4 nitrogen and oxygen atoms in total. The molecule has 0 aliphatic rings. The Labute approximate surface area is 140 Å². The molecule has 0 fully saturated rings. The third kappa shape index (κ3) is 4.14. The number of amides is 1. The number of hydrogen-bond donors (Lipinski definition) is 1. The van der Waals surface area contributed by atoms with Crippen LogP contribution in [0, 0.1) is 23.3 Å². The van der Waals surface area contributed by atoms with Crippen molar-refractivity contribution >= 4 is 17.4 Å². The first-order valence-corrected chi connectivity index (χ1v) is 7.12. The number of ether oxygens (including phenoxy) is 1. The first kappa shape index (κ1) is 18.4. The van der Waals surface area contributed by atoms with Crippen LogP contribution >= 0.6 is 0 Å². The summed E-state index contributed by atoms with van der Waals surface area (Å²) in [4.78, 5) is 23.2. The fourth-order valence-corrected chi connectivity index (χ4v) is 2.04. The van der Waals surface area contributed by atoms with Crippen LogP contribution in [-0.2, 0) is 4.79 Å². The first-order valence-electron chi connectivity index (χ1n) is 7.12. The van der Waals surface area contributed by atoms with Crippen molar-refractivity contribution in [1.82, 2.24) is 0 Å². The van der Waals surface area contributed by atoms with Crippen LogP contribution in [0.1, 0.15) is 24.2 Å². The number of benzene rings is 2. The molecule has 0 heterocycles. The van der Waals surface area contributed by atoms with E-state index in [9.17, 15) is 27.2 Å². The number of rotatable bonds is 5. The van der Waals surface area contributed by atoms with E-state index in [4.69, 9.17) is 4.74 Å². The normalized spacial score (nSPS) is 11.8. The van der Waals surface area contributed by atoms with Crippen LogP contribution < -0.4 is 10.1 Å². The Hall–Kier alpha value is -2.90. The summed E-state index contributed by atoms with van der Waals surface area (Å²) in [7, 11) is 0. The number of carbonyl (C=O) groups excluding carboxylic acids is 2. The van der Waals surface area contributed by atoms with Crippen LogP contribution in [0.25, 0.3) is 0 Å². The number of ketones is 1. The Balaban J connectivity index is 2.20. The molecule has 0 aliphatic heterocycles. The van der Waals surface area contributed by atoms with Crippen molar-refractivity contribution in [2.75, 3.05) is 5.32 Å². The molecule has 0 aromatic heterocycles. The van der Waals surface area contributed by atoms with Crippen molar-refractivity contribution in [1.29, 1.82) is 0 Å². The molecule has 8 heteroatoms. The molecular formula is C17H13F4NO3. The van der Waals surface area contributed by atoms with E-state index in [1.807, 2.05) is 0 Å². The molecule has 2 aromatic rings. The second-order valence-electron chi connectivity index (χ2n) is 5.18. The lowest BCUT2D eigenvalue weighted by Crippen LogP contribution is -2.25. The highest BCUT2D eigenvalue weighted by molar-refractivity contribution is 6.00. The van der Waals surface area contributed by atoms with Crippen molar-refractivity contribution in [2.45, 2.75) is 20.0 Å². The van der Waals surface area contributed by atoms with Gasteiger partial charge in [0.1, 0.15) is 0 Å². The maximum absolute atomic E-state index is 13.6. The number of nitrogens with one attached hydrogen (secondary N) is 1. The Morgan fingerprint density at radius 2 is 1.52 bits per heavy atom. The van der Waals surface area contributed by atoms with Crippen molar-refractivity contribution in [2.24, 2.45) is 0 Å². The Kier molecular flexibility index (Phi) is 5.41. The molecule has 1 amide bonds. The zero-order valence-electron chi connectivity index (χ0n) is 13.2. The molecule has 0 bridgehead atoms. The van der Waals surface area contributed by atoms with Crippen LogP contribution in [-0.4, -0.2) is 17.8 Å². The largest absolute Gasteiger partial charge is 0.476 e. The summed E-state index contributed by atoms with van der Waals surface area (Å²) >= 11 is 0. The van der Waals surface area contributed by atoms with E-state index >= 15 is 0 Å². The van der Waals surface area contributed by atoms with E-state index in [1.54, 1.807) is 0 Å². The zero-order valence-corrected chi connectivity index (χ0v) is 13.2. The lowest BCUT2D eigenvalue weighted by Gasteiger charge is -2.15. The predicted octanol–water partition coefficient (Wildman–Crippen LogP) is 3.85. The maximum atomic E-state index is 13.6. The summed E-state index contributed by atoms with van der Waals surface area (Å²) in [5, 5.41) is 2.50. The molecule has 2 rings (SSSR count). The Morgan fingerprint density at radius 1 is 1.00 bits per heavy atom. The van der Waals surface area contributed by atoms with Crippen molar-refractivity contribution < 1.29 is 31.9 Å². The average molecular weight is 355 g/mol. The van der Waals surface area contributed by atoms with Crippen molar-refractivity contribution in [3.63, 3.8) is 0 Å². The van der Waals surface area contributed by atoms with Gasteiger partial charge in [-0.1, -0.05) is 0 Å². The minimum Gasteiger partial charge on any atom is -0.476 e. The standard InChI is InChI=1S/C17H13F4NO3/c1-8(25-17-14(20)12(18)7-13(19)15(17)21)16(24)10-3-5-11(6-4-10)22-9(2)23/h3-8H,1-2H3,(H,22,23).